The number of nitrogens with one attached hydrogen (secondary N) is 3. The van der Waals surface area contributed by atoms with Gasteiger partial charge in [0, 0.05) is 74.4 Å². The summed E-state index contributed by atoms with van der Waals surface area (Å²) in [7, 11) is 0. The minimum Gasteiger partial charge on any atom is -0.339 e. The number of carbonyl (C=O) groups is 3. The molecule has 15 heteroatoms. The number of alkyl halides is 3. The van der Waals surface area contributed by atoms with Crippen molar-refractivity contribution in [2.24, 2.45) is 5.92 Å². The van der Waals surface area contributed by atoms with Crippen LogP contribution in [0.15, 0.2) is 30.6 Å². The first-order valence-corrected chi connectivity index (χ1v) is 14.5. The largest absolute Gasteiger partial charge is 0.435 e. The maximum absolute atomic E-state index is 13.4. The van der Waals surface area contributed by atoms with Gasteiger partial charge in [-0.1, -0.05) is 11.6 Å². The minimum atomic E-state index is -4.61. The van der Waals surface area contributed by atoms with E-state index in [-0.39, 0.29) is 52.7 Å². The second-order valence-corrected chi connectivity index (χ2v) is 11.0. The van der Waals surface area contributed by atoms with Gasteiger partial charge in [-0.15, -0.1) is 0 Å². The van der Waals surface area contributed by atoms with Gasteiger partial charge >= 0.3 is 6.18 Å². The van der Waals surface area contributed by atoms with Crippen LogP contribution in [-0.2, 0) is 23.9 Å². The third kappa shape index (κ3) is 7.02. The summed E-state index contributed by atoms with van der Waals surface area (Å²) in [6.45, 7) is 5.36. The molecular weight excluding hydrogens is 589 g/mol. The Morgan fingerprint density at radius 1 is 1.09 bits per heavy atom. The number of aryl methyl sites for hydroxylation is 1. The van der Waals surface area contributed by atoms with Crippen molar-refractivity contribution in [2.45, 2.75) is 38.9 Å². The van der Waals surface area contributed by atoms with Crippen LogP contribution < -0.4 is 10.6 Å². The van der Waals surface area contributed by atoms with Gasteiger partial charge in [0.1, 0.15) is 0 Å². The number of piperazine rings is 1. The van der Waals surface area contributed by atoms with Crippen molar-refractivity contribution in [1.29, 1.82) is 0 Å². The summed E-state index contributed by atoms with van der Waals surface area (Å²) >= 11 is 6.42. The number of anilines is 1. The topological polar surface area (TPSA) is 128 Å². The number of imidazole rings is 1. The smallest absolute Gasteiger partial charge is 0.339 e. The van der Waals surface area contributed by atoms with Gasteiger partial charge < -0.3 is 25.4 Å². The van der Waals surface area contributed by atoms with Crippen LogP contribution in [0.25, 0.3) is 0 Å². The molecule has 0 bridgehead atoms. The van der Waals surface area contributed by atoms with Crippen LogP contribution in [0.5, 0.6) is 0 Å². The molecule has 3 aromatic rings. The lowest BCUT2D eigenvalue weighted by Crippen LogP contribution is -2.52. The summed E-state index contributed by atoms with van der Waals surface area (Å²) in [5.41, 5.74) is -0.127. The first kappa shape index (κ1) is 30.5. The molecule has 2 aromatic heterocycles. The molecule has 3 amide bonds. The Labute approximate surface area is 250 Å². The summed E-state index contributed by atoms with van der Waals surface area (Å²) in [6.07, 6.45) is -0.478. The van der Waals surface area contributed by atoms with Crippen LogP contribution in [0, 0.1) is 5.92 Å². The van der Waals surface area contributed by atoms with E-state index in [1.54, 1.807) is 11.8 Å². The Morgan fingerprint density at radius 3 is 2.44 bits per heavy atom. The molecule has 0 spiro atoms. The van der Waals surface area contributed by atoms with Crippen molar-refractivity contribution in [3.8, 4) is 0 Å². The van der Waals surface area contributed by atoms with E-state index in [0.29, 0.717) is 37.6 Å². The maximum atomic E-state index is 13.4. The van der Waals surface area contributed by atoms with Crippen molar-refractivity contribution in [3.05, 3.63) is 64.0 Å². The molecule has 4 heterocycles. The van der Waals surface area contributed by atoms with E-state index in [9.17, 15) is 27.6 Å². The molecule has 2 aliphatic rings. The number of hydrogen-bond donors (Lipinski definition) is 3. The predicted molar refractivity (Wildman–Crippen MR) is 152 cm³/mol. The fourth-order valence-electron chi connectivity index (χ4n) is 5.35. The molecule has 0 unspecified atom stereocenters. The molecule has 0 saturated carbocycles. The number of aromatic amines is 1. The number of amides is 3. The van der Waals surface area contributed by atoms with Gasteiger partial charge in [0.15, 0.2) is 11.5 Å². The fraction of sp³-hybridized carbons (Fsp3) is 0.464. The number of carbonyl (C=O) groups excluding carboxylic acids is 3. The monoisotopic (exact) mass is 620 g/mol. The Hall–Kier alpha value is -3.91. The summed E-state index contributed by atoms with van der Waals surface area (Å²) in [4.78, 5) is 49.0. The zero-order valence-corrected chi connectivity index (χ0v) is 24.3. The molecule has 0 aliphatic carbocycles. The lowest BCUT2D eigenvalue weighted by atomic mass is 9.96. The zero-order valence-electron chi connectivity index (χ0n) is 23.5. The Kier molecular flexibility index (Phi) is 9.06. The van der Waals surface area contributed by atoms with E-state index in [2.05, 4.69) is 25.7 Å². The molecule has 1 aromatic carbocycles. The van der Waals surface area contributed by atoms with Gasteiger partial charge in [-0.2, -0.15) is 18.3 Å². The van der Waals surface area contributed by atoms with Crippen LogP contribution in [0.4, 0.5) is 18.9 Å². The number of nitrogens with zero attached hydrogens (tertiary/aromatic N) is 5. The Balaban J connectivity index is 1.17. The van der Waals surface area contributed by atoms with Crippen molar-refractivity contribution in [3.63, 3.8) is 0 Å². The van der Waals surface area contributed by atoms with Gasteiger partial charge in [0.2, 0.25) is 5.91 Å². The van der Waals surface area contributed by atoms with Gasteiger partial charge in [0.05, 0.1) is 10.6 Å². The van der Waals surface area contributed by atoms with Crippen molar-refractivity contribution in [2.75, 3.05) is 44.6 Å². The molecule has 3 N–H and O–H groups in total. The van der Waals surface area contributed by atoms with E-state index >= 15 is 0 Å². The number of aromatic nitrogens is 4. The number of hydrogen-bond acceptors (Lipinski definition) is 6. The van der Waals surface area contributed by atoms with Crippen LogP contribution in [-0.4, -0.2) is 86.5 Å². The van der Waals surface area contributed by atoms with Gasteiger partial charge in [0.25, 0.3) is 11.8 Å². The highest BCUT2D eigenvalue weighted by Gasteiger charge is 2.37. The van der Waals surface area contributed by atoms with Crippen molar-refractivity contribution < 1.29 is 27.6 Å². The van der Waals surface area contributed by atoms with Gasteiger partial charge in [-0.3, -0.25) is 19.1 Å². The average Bonchev–Trinajstić information content (AvgIpc) is 3.65. The Morgan fingerprint density at radius 2 is 1.79 bits per heavy atom. The predicted octanol–water partition coefficient (Wildman–Crippen LogP) is 3.43. The SMILES string of the molecule is CCn1cc(Cc2cnc(C(=O)Nc3ccc(C(=O)N4CCN(C(=O)C5CCNCC5)CC4)c(Cl)c3)[nH]2)c(C(F)(F)F)n1. The summed E-state index contributed by atoms with van der Waals surface area (Å²) in [5, 5.41) is 9.64. The van der Waals surface area contributed by atoms with E-state index in [1.807, 2.05) is 4.90 Å². The lowest BCUT2D eigenvalue weighted by Gasteiger charge is -2.37. The van der Waals surface area contributed by atoms with Gasteiger partial charge in [-0.25, -0.2) is 4.98 Å². The number of rotatable bonds is 7. The molecule has 0 atom stereocenters. The van der Waals surface area contributed by atoms with Crippen molar-refractivity contribution in [1.82, 2.24) is 34.9 Å². The average molecular weight is 621 g/mol. The molecule has 2 fully saturated rings. The number of H-pyrrole nitrogens is 1. The molecule has 11 nitrogen and oxygen atoms in total. The molecule has 0 radical (unpaired) electrons. The highest BCUT2D eigenvalue weighted by atomic mass is 35.5. The van der Waals surface area contributed by atoms with E-state index in [0.717, 1.165) is 25.9 Å². The first-order valence-electron chi connectivity index (χ1n) is 14.1. The highest BCUT2D eigenvalue weighted by Crippen LogP contribution is 2.32. The van der Waals surface area contributed by atoms with E-state index in [1.165, 1.54) is 35.3 Å². The molecule has 2 aliphatic heterocycles. The number of halogens is 4. The third-order valence-corrected chi connectivity index (χ3v) is 7.99. The van der Waals surface area contributed by atoms with Crippen molar-refractivity contribution >= 4 is 35.0 Å². The van der Waals surface area contributed by atoms with Crippen LogP contribution >= 0.6 is 11.6 Å². The van der Waals surface area contributed by atoms with Gasteiger partial charge in [-0.05, 0) is 51.1 Å². The van der Waals surface area contributed by atoms with E-state index < -0.39 is 17.8 Å². The first-order chi connectivity index (χ1) is 20.5. The standard InChI is InChI=1S/C28H32ClF3N8O3/c1-2-40-16-18(23(37-40)28(30,31)32)13-20-15-34-24(35-20)25(41)36-19-3-4-21(22(29)14-19)27(43)39-11-9-38(10-12-39)26(42)17-5-7-33-8-6-17/h3-4,14-17,33H,2,5-13H2,1H3,(H,34,35)(H,36,41). The second kappa shape index (κ2) is 12.8. The lowest BCUT2D eigenvalue weighted by molar-refractivity contribution is -0.142. The number of piperidine rings is 1. The molecule has 5 rings (SSSR count). The molecule has 230 valence electrons. The quantitative estimate of drug-likeness (QED) is 0.371. The summed E-state index contributed by atoms with van der Waals surface area (Å²) < 4.78 is 41.4. The summed E-state index contributed by atoms with van der Waals surface area (Å²) in [5.74, 6) is -0.816. The maximum Gasteiger partial charge on any atom is 0.435 e. The number of benzene rings is 1. The fourth-order valence-corrected chi connectivity index (χ4v) is 5.61. The highest BCUT2D eigenvalue weighted by molar-refractivity contribution is 6.34. The summed E-state index contributed by atoms with van der Waals surface area (Å²) in [6, 6.07) is 4.50. The van der Waals surface area contributed by atoms with Crippen LogP contribution in [0.3, 0.4) is 0 Å². The third-order valence-electron chi connectivity index (χ3n) is 7.68. The minimum absolute atomic E-state index is 0.0293. The van der Waals surface area contributed by atoms with E-state index in [4.69, 9.17) is 11.6 Å². The zero-order chi connectivity index (χ0) is 30.7. The van der Waals surface area contributed by atoms with Crippen LogP contribution in [0.2, 0.25) is 5.02 Å². The second-order valence-electron chi connectivity index (χ2n) is 10.6. The Bertz CT molecular complexity index is 1490. The molecule has 43 heavy (non-hydrogen) atoms. The molecular formula is C28H32ClF3N8O3. The molecule has 2 saturated heterocycles. The normalized spacial score (nSPS) is 16.4. The van der Waals surface area contributed by atoms with Crippen LogP contribution in [0.1, 0.15) is 57.7 Å².